The molecule has 0 unspecified atom stereocenters. The van der Waals surface area contributed by atoms with Gasteiger partial charge < -0.3 is 5.32 Å². The van der Waals surface area contributed by atoms with Gasteiger partial charge in [-0.2, -0.15) is 5.10 Å². The van der Waals surface area contributed by atoms with Gasteiger partial charge in [0.25, 0.3) is 5.91 Å². The van der Waals surface area contributed by atoms with Gasteiger partial charge in [0.1, 0.15) is 0 Å². The molecular weight excluding hydrogens is 248 g/mol. The van der Waals surface area contributed by atoms with Gasteiger partial charge >= 0.3 is 0 Å². The molecule has 2 N–H and O–H groups in total. The average Bonchev–Trinajstić information content (AvgIpc) is 2.96. The molecule has 18 heavy (non-hydrogen) atoms. The number of amides is 1. The molecular formula is C12H10N4OS. The van der Waals surface area contributed by atoms with Gasteiger partial charge in [0.05, 0.1) is 15.7 Å². The highest BCUT2D eigenvalue weighted by Gasteiger charge is 2.09. The fourth-order valence-electron chi connectivity index (χ4n) is 1.67. The minimum Gasteiger partial charge on any atom is -0.321 e. The summed E-state index contributed by atoms with van der Waals surface area (Å²) in [6.07, 6.45) is 0. The van der Waals surface area contributed by atoms with E-state index in [1.165, 1.54) is 0 Å². The number of aryl methyl sites for hydroxylation is 1. The van der Waals surface area contributed by atoms with Crippen molar-refractivity contribution in [1.29, 1.82) is 0 Å². The Hall–Kier alpha value is -2.21. The van der Waals surface area contributed by atoms with Crippen LogP contribution in [-0.2, 0) is 0 Å². The Kier molecular flexibility index (Phi) is 2.56. The topological polar surface area (TPSA) is 70.7 Å². The quantitative estimate of drug-likeness (QED) is 0.742. The third kappa shape index (κ3) is 1.98. The molecule has 5 nitrogen and oxygen atoms in total. The van der Waals surface area contributed by atoms with Gasteiger partial charge in [0.15, 0.2) is 5.69 Å². The molecule has 2 aromatic heterocycles. The van der Waals surface area contributed by atoms with E-state index < -0.39 is 0 Å². The standard InChI is InChI=1S/C12H10N4OS/c1-7-4-10(16-15-7)12(17)14-8-2-3-11-9(5-8)13-6-18-11/h2-6H,1H3,(H,14,17)(H,15,16). The van der Waals surface area contributed by atoms with Crippen molar-refractivity contribution in [3.8, 4) is 0 Å². The number of carbonyl (C=O) groups excluding carboxylic acids is 1. The monoisotopic (exact) mass is 258 g/mol. The molecule has 0 aliphatic rings. The third-order valence-electron chi connectivity index (χ3n) is 2.53. The lowest BCUT2D eigenvalue weighted by atomic mass is 10.3. The number of nitrogens with zero attached hydrogens (tertiary/aromatic N) is 2. The molecule has 0 saturated heterocycles. The summed E-state index contributed by atoms with van der Waals surface area (Å²) >= 11 is 1.57. The molecule has 2 heterocycles. The van der Waals surface area contributed by atoms with Gasteiger partial charge in [0.2, 0.25) is 0 Å². The number of H-pyrrole nitrogens is 1. The van der Waals surface area contributed by atoms with Crippen molar-refractivity contribution in [3.63, 3.8) is 0 Å². The molecule has 0 radical (unpaired) electrons. The molecule has 0 aliphatic carbocycles. The van der Waals surface area contributed by atoms with E-state index in [9.17, 15) is 4.79 Å². The van der Waals surface area contributed by atoms with Gasteiger partial charge in [-0.25, -0.2) is 4.98 Å². The second kappa shape index (κ2) is 4.23. The van der Waals surface area contributed by atoms with Crippen LogP contribution < -0.4 is 5.32 Å². The molecule has 6 heteroatoms. The maximum Gasteiger partial charge on any atom is 0.276 e. The Balaban J connectivity index is 1.85. The normalized spacial score (nSPS) is 10.7. The summed E-state index contributed by atoms with van der Waals surface area (Å²) in [7, 11) is 0. The van der Waals surface area contributed by atoms with Gasteiger partial charge in [-0.3, -0.25) is 9.89 Å². The van der Waals surface area contributed by atoms with E-state index in [1.807, 2.05) is 25.1 Å². The molecule has 0 atom stereocenters. The Bertz CT molecular complexity index is 716. The number of benzene rings is 1. The summed E-state index contributed by atoms with van der Waals surface area (Å²) < 4.78 is 1.10. The number of aromatic nitrogens is 3. The zero-order valence-electron chi connectivity index (χ0n) is 9.60. The fraction of sp³-hybridized carbons (Fsp3) is 0.0833. The first-order chi connectivity index (χ1) is 8.72. The van der Waals surface area contributed by atoms with E-state index in [-0.39, 0.29) is 5.91 Å². The smallest absolute Gasteiger partial charge is 0.276 e. The number of hydrogen-bond acceptors (Lipinski definition) is 4. The van der Waals surface area contributed by atoms with Crippen molar-refractivity contribution < 1.29 is 4.79 Å². The highest BCUT2D eigenvalue weighted by molar-refractivity contribution is 7.16. The van der Waals surface area contributed by atoms with Crippen LogP contribution in [0.4, 0.5) is 5.69 Å². The minimum atomic E-state index is -0.228. The van der Waals surface area contributed by atoms with Gasteiger partial charge in [-0.1, -0.05) is 0 Å². The Morgan fingerprint density at radius 3 is 3.06 bits per heavy atom. The molecule has 3 rings (SSSR count). The molecule has 0 fully saturated rings. The number of carbonyl (C=O) groups is 1. The maximum atomic E-state index is 11.9. The number of hydrogen-bond donors (Lipinski definition) is 2. The lowest BCUT2D eigenvalue weighted by Crippen LogP contribution is -2.12. The number of aromatic amines is 1. The van der Waals surface area contributed by atoms with E-state index >= 15 is 0 Å². The van der Waals surface area contributed by atoms with Crippen LogP contribution in [0.5, 0.6) is 0 Å². The van der Waals surface area contributed by atoms with Crippen LogP contribution in [0.1, 0.15) is 16.2 Å². The van der Waals surface area contributed by atoms with Crippen molar-refractivity contribution in [1.82, 2.24) is 15.2 Å². The number of thiazole rings is 1. The van der Waals surface area contributed by atoms with E-state index in [1.54, 1.807) is 22.9 Å². The maximum absolute atomic E-state index is 11.9. The van der Waals surface area contributed by atoms with Gasteiger partial charge in [-0.15, -0.1) is 11.3 Å². The van der Waals surface area contributed by atoms with Crippen LogP contribution in [0.15, 0.2) is 29.8 Å². The van der Waals surface area contributed by atoms with Crippen LogP contribution in [0.2, 0.25) is 0 Å². The van der Waals surface area contributed by atoms with Crippen molar-refractivity contribution in [2.24, 2.45) is 0 Å². The Morgan fingerprint density at radius 1 is 1.39 bits per heavy atom. The Morgan fingerprint density at radius 2 is 2.28 bits per heavy atom. The predicted octanol–water partition coefficient (Wildman–Crippen LogP) is 2.58. The second-order valence-corrected chi connectivity index (χ2v) is 4.81. The lowest BCUT2D eigenvalue weighted by Gasteiger charge is -2.02. The summed E-state index contributed by atoms with van der Waals surface area (Å²) in [5, 5.41) is 9.45. The summed E-state index contributed by atoms with van der Waals surface area (Å²) in [5.41, 5.74) is 4.63. The van der Waals surface area contributed by atoms with Crippen LogP contribution in [0.25, 0.3) is 10.2 Å². The molecule has 90 valence electrons. The third-order valence-corrected chi connectivity index (χ3v) is 3.34. The van der Waals surface area contributed by atoms with Crippen molar-refractivity contribution in [3.05, 3.63) is 41.2 Å². The summed E-state index contributed by atoms with van der Waals surface area (Å²) in [6, 6.07) is 7.36. The van der Waals surface area contributed by atoms with Crippen molar-refractivity contribution in [2.45, 2.75) is 6.92 Å². The highest BCUT2D eigenvalue weighted by atomic mass is 32.1. The van der Waals surface area contributed by atoms with Crippen LogP contribution in [-0.4, -0.2) is 21.1 Å². The highest BCUT2D eigenvalue weighted by Crippen LogP contribution is 2.21. The lowest BCUT2D eigenvalue weighted by molar-refractivity contribution is 0.102. The number of fused-ring (bicyclic) bond motifs is 1. The number of rotatable bonds is 2. The van der Waals surface area contributed by atoms with Crippen LogP contribution in [0, 0.1) is 6.92 Å². The SMILES string of the molecule is Cc1cc(C(=O)Nc2ccc3scnc3c2)n[nH]1. The average molecular weight is 258 g/mol. The summed E-state index contributed by atoms with van der Waals surface area (Å²) in [6.45, 7) is 1.85. The van der Waals surface area contributed by atoms with Gasteiger partial charge in [0, 0.05) is 11.4 Å². The largest absolute Gasteiger partial charge is 0.321 e. The van der Waals surface area contributed by atoms with E-state index in [0.717, 1.165) is 21.6 Å². The molecule has 3 aromatic rings. The van der Waals surface area contributed by atoms with E-state index in [0.29, 0.717) is 5.69 Å². The molecule has 1 aromatic carbocycles. The van der Waals surface area contributed by atoms with E-state index in [4.69, 9.17) is 0 Å². The zero-order valence-corrected chi connectivity index (χ0v) is 10.4. The predicted molar refractivity (Wildman–Crippen MR) is 70.9 cm³/mol. The fourth-order valence-corrected chi connectivity index (χ4v) is 2.32. The van der Waals surface area contributed by atoms with Crippen molar-refractivity contribution in [2.75, 3.05) is 5.32 Å². The number of nitrogens with one attached hydrogen (secondary N) is 2. The summed E-state index contributed by atoms with van der Waals surface area (Å²) in [5.74, 6) is -0.228. The molecule has 0 aliphatic heterocycles. The van der Waals surface area contributed by atoms with Crippen LogP contribution >= 0.6 is 11.3 Å². The van der Waals surface area contributed by atoms with E-state index in [2.05, 4.69) is 20.5 Å². The first kappa shape index (κ1) is 10.9. The minimum absolute atomic E-state index is 0.228. The van der Waals surface area contributed by atoms with Crippen molar-refractivity contribution >= 4 is 33.1 Å². The Labute approximate surface area is 107 Å². The second-order valence-electron chi connectivity index (χ2n) is 3.93. The van der Waals surface area contributed by atoms with Gasteiger partial charge in [-0.05, 0) is 31.2 Å². The molecule has 0 bridgehead atoms. The first-order valence-electron chi connectivity index (χ1n) is 5.39. The zero-order chi connectivity index (χ0) is 12.5. The first-order valence-corrected chi connectivity index (χ1v) is 6.27. The number of anilines is 1. The van der Waals surface area contributed by atoms with Crippen LogP contribution in [0.3, 0.4) is 0 Å². The molecule has 1 amide bonds. The molecule has 0 saturated carbocycles. The molecule has 0 spiro atoms. The summed E-state index contributed by atoms with van der Waals surface area (Å²) in [4.78, 5) is 16.1.